The average molecular weight is 282 g/mol. The van der Waals surface area contributed by atoms with Gasteiger partial charge in [0.15, 0.2) is 9.84 Å². The van der Waals surface area contributed by atoms with E-state index >= 15 is 0 Å². The summed E-state index contributed by atoms with van der Waals surface area (Å²) < 4.78 is 23.2. The summed E-state index contributed by atoms with van der Waals surface area (Å²) in [5.41, 5.74) is 0.739. The maximum Gasteiger partial charge on any atom is 0.238 e. The third-order valence-electron chi connectivity index (χ3n) is 3.18. The molecule has 5 nitrogen and oxygen atoms in total. The molecule has 0 spiro atoms. The van der Waals surface area contributed by atoms with Gasteiger partial charge in [-0.2, -0.15) is 0 Å². The van der Waals surface area contributed by atoms with Crippen molar-refractivity contribution >= 4 is 21.4 Å². The second-order valence-electron chi connectivity index (χ2n) is 4.68. The van der Waals surface area contributed by atoms with Gasteiger partial charge in [0.2, 0.25) is 5.91 Å². The minimum atomic E-state index is -2.94. The van der Waals surface area contributed by atoms with Crippen molar-refractivity contribution < 1.29 is 13.2 Å². The van der Waals surface area contributed by atoms with Crippen molar-refractivity contribution in [3.8, 4) is 0 Å². The molecule has 1 atom stereocenters. The smallest absolute Gasteiger partial charge is 0.238 e. The van der Waals surface area contributed by atoms with Crippen LogP contribution in [-0.2, 0) is 14.6 Å². The lowest BCUT2D eigenvalue weighted by Crippen LogP contribution is -2.35. The van der Waals surface area contributed by atoms with Crippen LogP contribution < -0.4 is 10.6 Å². The minimum Gasteiger partial charge on any atom is -0.325 e. The Morgan fingerprint density at radius 3 is 2.63 bits per heavy atom. The SMILES string of the molecule is O=C(CNCC1CCCS1(=O)=O)Nc1ccccc1. The van der Waals surface area contributed by atoms with Gasteiger partial charge in [-0.25, -0.2) is 8.42 Å². The van der Waals surface area contributed by atoms with Gasteiger partial charge in [0, 0.05) is 12.2 Å². The Labute approximate surface area is 113 Å². The molecule has 0 aromatic heterocycles. The molecule has 1 aliphatic rings. The number of benzene rings is 1. The molecule has 6 heteroatoms. The largest absolute Gasteiger partial charge is 0.325 e. The predicted molar refractivity (Wildman–Crippen MR) is 74.8 cm³/mol. The lowest BCUT2D eigenvalue weighted by Gasteiger charge is -2.10. The molecule has 104 valence electrons. The van der Waals surface area contributed by atoms with Crippen LogP contribution in [0.1, 0.15) is 12.8 Å². The topological polar surface area (TPSA) is 75.3 Å². The van der Waals surface area contributed by atoms with Crippen LogP contribution >= 0.6 is 0 Å². The van der Waals surface area contributed by atoms with E-state index in [9.17, 15) is 13.2 Å². The molecule has 1 amide bonds. The Hall–Kier alpha value is -1.40. The third-order valence-corrected chi connectivity index (χ3v) is 5.45. The molecule has 1 saturated heterocycles. The molecule has 1 aromatic carbocycles. The van der Waals surface area contributed by atoms with Gasteiger partial charge in [0.1, 0.15) is 0 Å². The minimum absolute atomic E-state index is 0.126. The maximum absolute atomic E-state index is 11.6. The highest BCUT2D eigenvalue weighted by molar-refractivity contribution is 7.92. The number of hydrogen-bond donors (Lipinski definition) is 2. The van der Waals surface area contributed by atoms with Crippen LogP contribution in [0, 0.1) is 0 Å². The third kappa shape index (κ3) is 4.04. The number of nitrogens with one attached hydrogen (secondary N) is 2. The number of carbonyl (C=O) groups excluding carboxylic acids is 1. The monoisotopic (exact) mass is 282 g/mol. The summed E-state index contributed by atoms with van der Waals surface area (Å²) >= 11 is 0. The summed E-state index contributed by atoms with van der Waals surface area (Å²) in [4.78, 5) is 11.6. The van der Waals surface area contributed by atoms with Crippen molar-refractivity contribution in [1.82, 2.24) is 5.32 Å². The highest BCUT2D eigenvalue weighted by atomic mass is 32.2. The Morgan fingerprint density at radius 2 is 2.00 bits per heavy atom. The molecule has 1 fully saturated rings. The van der Waals surface area contributed by atoms with Crippen LogP contribution in [0.15, 0.2) is 30.3 Å². The van der Waals surface area contributed by atoms with E-state index in [1.165, 1.54) is 0 Å². The summed E-state index contributed by atoms with van der Waals surface area (Å²) in [5, 5.41) is 5.31. The first-order chi connectivity index (χ1) is 9.08. The Balaban J connectivity index is 1.73. The maximum atomic E-state index is 11.6. The van der Waals surface area contributed by atoms with E-state index in [1.807, 2.05) is 18.2 Å². The van der Waals surface area contributed by atoms with E-state index in [1.54, 1.807) is 12.1 Å². The van der Waals surface area contributed by atoms with Gasteiger partial charge in [0.05, 0.1) is 17.5 Å². The molecule has 2 rings (SSSR count). The van der Waals surface area contributed by atoms with Crippen LogP contribution in [0.3, 0.4) is 0 Å². The van der Waals surface area contributed by atoms with Crippen LogP contribution in [0.2, 0.25) is 0 Å². The molecular formula is C13H18N2O3S. The fraction of sp³-hybridized carbons (Fsp3) is 0.462. The first-order valence-corrected chi connectivity index (χ1v) is 8.07. The Morgan fingerprint density at radius 1 is 1.26 bits per heavy atom. The summed E-state index contributed by atoms with van der Waals surface area (Å²) in [7, 11) is -2.94. The number of anilines is 1. The Kier molecular flexibility index (Phi) is 4.55. The zero-order chi connectivity index (χ0) is 13.7. The van der Waals surface area contributed by atoms with Gasteiger partial charge in [-0.05, 0) is 25.0 Å². The van der Waals surface area contributed by atoms with Crippen molar-refractivity contribution in [3.63, 3.8) is 0 Å². The molecule has 1 aromatic rings. The molecule has 0 bridgehead atoms. The zero-order valence-electron chi connectivity index (χ0n) is 10.6. The van der Waals surface area contributed by atoms with Crippen LogP contribution in [0.4, 0.5) is 5.69 Å². The average Bonchev–Trinajstić information content (AvgIpc) is 2.70. The summed E-state index contributed by atoms with van der Waals surface area (Å²) in [5.74, 6) is 0.108. The van der Waals surface area contributed by atoms with Gasteiger partial charge in [-0.1, -0.05) is 18.2 Å². The van der Waals surface area contributed by atoms with Gasteiger partial charge >= 0.3 is 0 Å². The van der Waals surface area contributed by atoms with Crippen molar-refractivity contribution in [2.24, 2.45) is 0 Å². The molecular weight excluding hydrogens is 264 g/mol. The molecule has 1 unspecified atom stereocenters. The second kappa shape index (κ2) is 6.16. The van der Waals surface area contributed by atoms with E-state index < -0.39 is 9.84 Å². The first kappa shape index (κ1) is 14.0. The second-order valence-corrected chi connectivity index (χ2v) is 7.08. The highest BCUT2D eigenvalue weighted by Crippen LogP contribution is 2.18. The Bertz CT molecular complexity index is 528. The van der Waals surface area contributed by atoms with Crippen molar-refractivity contribution in [2.75, 3.05) is 24.2 Å². The molecule has 1 heterocycles. The summed E-state index contributed by atoms with van der Waals surface area (Å²) in [6.45, 7) is 0.478. The van der Waals surface area contributed by atoms with Gasteiger partial charge < -0.3 is 10.6 Å². The van der Waals surface area contributed by atoms with Gasteiger partial charge in [0.25, 0.3) is 0 Å². The van der Waals surface area contributed by atoms with E-state index in [2.05, 4.69) is 10.6 Å². The van der Waals surface area contributed by atoms with E-state index in [4.69, 9.17) is 0 Å². The first-order valence-electron chi connectivity index (χ1n) is 6.35. The number of carbonyl (C=O) groups is 1. The number of rotatable bonds is 5. The molecule has 1 aliphatic heterocycles. The van der Waals surface area contributed by atoms with Gasteiger partial charge in [-0.15, -0.1) is 0 Å². The fourth-order valence-corrected chi connectivity index (χ4v) is 3.96. The van der Waals surface area contributed by atoms with Gasteiger partial charge in [-0.3, -0.25) is 4.79 Å². The normalized spacial score (nSPS) is 21.2. The number of sulfone groups is 1. The molecule has 0 saturated carbocycles. The van der Waals surface area contributed by atoms with E-state index in [0.29, 0.717) is 13.0 Å². The van der Waals surface area contributed by atoms with Crippen molar-refractivity contribution in [3.05, 3.63) is 30.3 Å². The molecule has 0 aliphatic carbocycles. The lowest BCUT2D eigenvalue weighted by atomic mass is 10.2. The van der Waals surface area contributed by atoms with Crippen molar-refractivity contribution in [2.45, 2.75) is 18.1 Å². The standard InChI is InChI=1S/C13H18N2O3S/c16-13(15-11-5-2-1-3-6-11)10-14-9-12-7-4-8-19(12,17)18/h1-3,5-6,12,14H,4,7-10H2,(H,15,16). The molecule has 2 N–H and O–H groups in total. The van der Waals surface area contributed by atoms with Crippen LogP contribution in [0.25, 0.3) is 0 Å². The highest BCUT2D eigenvalue weighted by Gasteiger charge is 2.30. The number of amides is 1. The molecule has 0 radical (unpaired) electrons. The predicted octanol–water partition coefficient (Wildman–Crippen LogP) is 0.792. The van der Waals surface area contributed by atoms with Crippen LogP contribution in [0.5, 0.6) is 0 Å². The zero-order valence-corrected chi connectivity index (χ0v) is 11.4. The fourth-order valence-electron chi connectivity index (χ4n) is 2.16. The number of para-hydroxylation sites is 1. The quantitative estimate of drug-likeness (QED) is 0.837. The van der Waals surface area contributed by atoms with E-state index in [0.717, 1.165) is 12.1 Å². The van der Waals surface area contributed by atoms with Crippen molar-refractivity contribution in [1.29, 1.82) is 0 Å². The van der Waals surface area contributed by atoms with E-state index in [-0.39, 0.29) is 23.5 Å². The lowest BCUT2D eigenvalue weighted by molar-refractivity contribution is -0.115. The summed E-state index contributed by atoms with van der Waals surface area (Å²) in [6.07, 6.45) is 1.42. The summed E-state index contributed by atoms with van der Waals surface area (Å²) in [6, 6.07) is 9.17. The molecule has 19 heavy (non-hydrogen) atoms. The van der Waals surface area contributed by atoms with Crippen LogP contribution in [-0.4, -0.2) is 38.4 Å². The number of hydrogen-bond acceptors (Lipinski definition) is 4.